The van der Waals surface area contributed by atoms with Crippen molar-refractivity contribution in [2.75, 3.05) is 0 Å². The second kappa shape index (κ2) is 6.64. The number of nitrogens with two attached hydrogens (primary N) is 1. The summed E-state index contributed by atoms with van der Waals surface area (Å²) in [5.74, 6) is 1.35. The van der Waals surface area contributed by atoms with E-state index in [0.29, 0.717) is 30.4 Å². The molecule has 0 saturated carbocycles. The van der Waals surface area contributed by atoms with Gasteiger partial charge < -0.3 is 10.3 Å². The molecule has 2 aromatic rings. The highest BCUT2D eigenvalue weighted by Crippen LogP contribution is 2.31. The van der Waals surface area contributed by atoms with Gasteiger partial charge in [-0.1, -0.05) is 38.1 Å². The van der Waals surface area contributed by atoms with Crippen LogP contribution < -0.4 is 5.73 Å². The highest BCUT2D eigenvalue weighted by molar-refractivity contribution is 6.31. The van der Waals surface area contributed by atoms with Crippen LogP contribution in [0.3, 0.4) is 0 Å². The Morgan fingerprint density at radius 3 is 2.84 bits per heavy atom. The van der Waals surface area contributed by atoms with Gasteiger partial charge in [-0.05, 0) is 36.5 Å². The molecule has 0 saturated heterocycles. The molecular weight excluding hydrogens is 339 g/mol. The van der Waals surface area contributed by atoms with Crippen LogP contribution in [0.15, 0.2) is 17.6 Å². The average Bonchev–Trinajstić information content (AvgIpc) is 3.06. The fourth-order valence-corrected chi connectivity index (χ4v) is 3.63. The maximum absolute atomic E-state index is 14.4. The number of nitrogens with zero attached hydrogens (tertiary/aromatic N) is 3. The first-order valence-electron chi connectivity index (χ1n) is 8.32. The molecule has 0 amide bonds. The zero-order chi connectivity index (χ0) is 18.3. The van der Waals surface area contributed by atoms with E-state index >= 15 is 0 Å². The molecular formula is C19H22ClFN4. The molecule has 25 heavy (non-hydrogen) atoms. The molecule has 0 unspecified atom stereocenters. The van der Waals surface area contributed by atoms with Gasteiger partial charge in [0.05, 0.1) is 10.7 Å². The Bertz CT molecular complexity index is 880. The van der Waals surface area contributed by atoms with Crippen LogP contribution in [0.25, 0.3) is 6.08 Å². The van der Waals surface area contributed by atoms with E-state index in [1.54, 1.807) is 12.1 Å². The Morgan fingerprint density at radius 2 is 2.20 bits per heavy atom. The fourth-order valence-electron chi connectivity index (χ4n) is 3.39. The van der Waals surface area contributed by atoms with E-state index < -0.39 is 5.82 Å². The van der Waals surface area contributed by atoms with Crippen molar-refractivity contribution in [3.63, 3.8) is 0 Å². The third-order valence-corrected chi connectivity index (χ3v) is 4.75. The Morgan fingerprint density at radius 1 is 1.48 bits per heavy atom. The SMILES string of the molecule is C=Cc1c(F)c(Cl)cc(Cc2nc(C)c3n2CN=C3N)c1CC(C)C. The van der Waals surface area contributed by atoms with Crippen LogP contribution in [0.5, 0.6) is 0 Å². The van der Waals surface area contributed by atoms with Gasteiger partial charge in [0.25, 0.3) is 0 Å². The molecule has 0 aliphatic carbocycles. The summed E-state index contributed by atoms with van der Waals surface area (Å²) in [5.41, 5.74) is 10.1. The molecule has 4 nitrogen and oxygen atoms in total. The summed E-state index contributed by atoms with van der Waals surface area (Å²) < 4.78 is 16.5. The number of aryl methyl sites for hydroxylation is 1. The highest BCUT2D eigenvalue weighted by atomic mass is 35.5. The average molecular weight is 361 g/mol. The fraction of sp³-hybridized carbons (Fsp3) is 0.368. The van der Waals surface area contributed by atoms with Crippen LogP contribution in [0.2, 0.25) is 5.02 Å². The van der Waals surface area contributed by atoms with Gasteiger partial charge in [0.15, 0.2) is 0 Å². The number of amidine groups is 1. The Hall–Kier alpha value is -2.14. The minimum absolute atomic E-state index is 0.109. The summed E-state index contributed by atoms with van der Waals surface area (Å²) >= 11 is 6.13. The van der Waals surface area contributed by atoms with E-state index in [0.717, 1.165) is 34.8 Å². The number of benzene rings is 1. The first kappa shape index (κ1) is 17.7. The van der Waals surface area contributed by atoms with Crippen LogP contribution in [-0.2, 0) is 19.5 Å². The molecule has 2 N–H and O–H groups in total. The van der Waals surface area contributed by atoms with Crippen LogP contribution in [0.1, 0.15) is 47.8 Å². The molecule has 1 aliphatic rings. The zero-order valence-electron chi connectivity index (χ0n) is 14.7. The van der Waals surface area contributed by atoms with Crippen LogP contribution in [0, 0.1) is 18.7 Å². The van der Waals surface area contributed by atoms with E-state index in [2.05, 4.69) is 30.4 Å². The minimum atomic E-state index is -0.409. The van der Waals surface area contributed by atoms with Crippen molar-refractivity contribution in [2.24, 2.45) is 16.6 Å². The first-order chi connectivity index (χ1) is 11.8. The van der Waals surface area contributed by atoms with Crippen molar-refractivity contribution in [3.05, 3.63) is 57.4 Å². The van der Waals surface area contributed by atoms with Gasteiger partial charge in [-0.3, -0.25) is 0 Å². The molecule has 6 heteroatoms. The van der Waals surface area contributed by atoms with Crippen molar-refractivity contribution in [2.45, 2.75) is 40.3 Å². The summed E-state index contributed by atoms with van der Waals surface area (Å²) in [5, 5.41) is 0.109. The van der Waals surface area contributed by atoms with Crippen molar-refractivity contribution in [1.29, 1.82) is 0 Å². The van der Waals surface area contributed by atoms with E-state index in [-0.39, 0.29) is 5.02 Å². The van der Waals surface area contributed by atoms with Crippen molar-refractivity contribution >= 4 is 23.5 Å². The Kier molecular flexibility index (Phi) is 4.69. The molecule has 0 spiro atoms. The maximum Gasteiger partial charge on any atom is 0.149 e. The van der Waals surface area contributed by atoms with Gasteiger partial charge in [0.2, 0.25) is 0 Å². The maximum atomic E-state index is 14.4. The number of rotatable bonds is 5. The number of imidazole rings is 1. The topological polar surface area (TPSA) is 56.2 Å². The lowest BCUT2D eigenvalue weighted by atomic mass is 9.91. The summed E-state index contributed by atoms with van der Waals surface area (Å²) in [6.07, 6.45) is 2.84. The second-order valence-electron chi connectivity index (χ2n) is 6.78. The first-order valence-corrected chi connectivity index (χ1v) is 8.69. The summed E-state index contributed by atoms with van der Waals surface area (Å²) in [6.45, 7) is 10.4. The van der Waals surface area contributed by atoms with E-state index in [4.69, 9.17) is 17.3 Å². The lowest BCUT2D eigenvalue weighted by molar-refractivity contribution is 0.606. The molecule has 1 aromatic heterocycles. The molecule has 132 valence electrons. The van der Waals surface area contributed by atoms with Gasteiger partial charge in [0, 0.05) is 12.0 Å². The molecule has 2 heterocycles. The Labute approximate surface area is 152 Å². The van der Waals surface area contributed by atoms with E-state index in [1.165, 1.54) is 0 Å². The minimum Gasteiger partial charge on any atom is -0.382 e. The van der Waals surface area contributed by atoms with Crippen LogP contribution in [-0.4, -0.2) is 15.4 Å². The molecule has 0 atom stereocenters. The lowest BCUT2D eigenvalue weighted by Crippen LogP contribution is -2.13. The van der Waals surface area contributed by atoms with Crippen LogP contribution in [0.4, 0.5) is 4.39 Å². The van der Waals surface area contributed by atoms with Gasteiger partial charge >= 0.3 is 0 Å². The number of hydrogen-bond donors (Lipinski definition) is 1. The standard InChI is InChI=1S/C19H22ClFN4/c1-5-13-14(6-10(2)3)12(7-15(20)17(13)21)8-16-24-11(4)18-19(22)23-9-25(16)18/h5,7,10H,1,6,8-9H2,2-4H3,(H2,22,23). The smallest absolute Gasteiger partial charge is 0.149 e. The number of fused-ring (bicyclic) bond motifs is 1. The number of aromatic nitrogens is 2. The van der Waals surface area contributed by atoms with E-state index in [9.17, 15) is 4.39 Å². The predicted octanol–water partition coefficient (Wildman–Crippen LogP) is 4.09. The quantitative estimate of drug-likeness (QED) is 0.872. The van der Waals surface area contributed by atoms with Crippen molar-refractivity contribution < 1.29 is 4.39 Å². The summed E-state index contributed by atoms with van der Waals surface area (Å²) in [4.78, 5) is 8.92. The predicted molar refractivity (Wildman–Crippen MR) is 101 cm³/mol. The van der Waals surface area contributed by atoms with Crippen molar-refractivity contribution in [1.82, 2.24) is 9.55 Å². The Balaban J connectivity index is 2.09. The molecule has 3 rings (SSSR count). The lowest BCUT2D eigenvalue weighted by Gasteiger charge is -2.17. The van der Waals surface area contributed by atoms with Gasteiger partial charge in [-0.25, -0.2) is 14.4 Å². The number of hydrogen-bond acceptors (Lipinski definition) is 3. The van der Waals surface area contributed by atoms with Gasteiger partial charge in [0.1, 0.15) is 29.8 Å². The molecule has 0 fully saturated rings. The third-order valence-electron chi connectivity index (χ3n) is 4.47. The molecule has 1 aliphatic heterocycles. The number of aliphatic imine (C=N–C) groups is 1. The zero-order valence-corrected chi connectivity index (χ0v) is 15.5. The monoisotopic (exact) mass is 360 g/mol. The highest BCUT2D eigenvalue weighted by Gasteiger charge is 2.23. The molecule has 0 bridgehead atoms. The van der Waals surface area contributed by atoms with E-state index in [1.807, 2.05) is 11.5 Å². The second-order valence-corrected chi connectivity index (χ2v) is 7.18. The molecule has 1 aromatic carbocycles. The summed E-state index contributed by atoms with van der Waals surface area (Å²) in [6, 6.07) is 1.71. The van der Waals surface area contributed by atoms with Gasteiger partial charge in [-0.2, -0.15) is 0 Å². The normalized spacial score (nSPS) is 13.3. The summed E-state index contributed by atoms with van der Waals surface area (Å²) in [7, 11) is 0. The van der Waals surface area contributed by atoms with Gasteiger partial charge in [-0.15, -0.1) is 0 Å². The number of halogens is 2. The third kappa shape index (κ3) is 3.09. The van der Waals surface area contributed by atoms with Crippen LogP contribution >= 0.6 is 11.6 Å². The molecule has 0 radical (unpaired) electrons. The largest absolute Gasteiger partial charge is 0.382 e. The van der Waals surface area contributed by atoms with Crippen molar-refractivity contribution in [3.8, 4) is 0 Å².